The van der Waals surface area contributed by atoms with Crippen LogP contribution in [0, 0.1) is 5.41 Å². The molecule has 0 amide bonds. The molecule has 0 aliphatic rings. The lowest BCUT2D eigenvalue weighted by molar-refractivity contribution is -0.157. The second kappa shape index (κ2) is 3.74. The predicted molar refractivity (Wildman–Crippen MR) is 45.3 cm³/mol. The normalized spacial score (nSPS) is 14.3. The van der Waals surface area contributed by atoms with Crippen molar-refractivity contribution in [2.45, 2.75) is 47.1 Å². The van der Waals surface area contributed by atoms with E-state index in [2.05, 4.69) is 0 Å². The number of hydrogen-bond acceptors (Lipinski definition) is 2. The highest BCUT2D eigenvalue weighted by molar-refractivity contribution is 5.75. The molecule has 11 heavy (non-hydrogen) atoms. The molecule has 0 radical (unpaired) electrons. The van der Waals surface area contributed by atoms with Crippen molar-refractivity contribution in [1.29, 1.82) is 0 Å². The number of rotatable bonds is 2. The third-order valence-corrected chi connectivity index (χ3v) is 1.50. The Morgan fingerprint density at radius 1 is 1.45 bits per heavy atom. The van der Waals surface area contributed by atoms with Crippen molar-refractivity contribution in [2.24, 2.45) is 5.41 Å². The van der Waals surface area contributed by atoms with Crippen LogP contribution in [0.5, 0.6) is 0 Å². The van der Waals surface area contributed by atoms with Gasteiger partial charge in [0, 0.05) is 0 Å². The summed E-state index contributed by atoms with van der Waals surface area (Å²) >= 11 is 0. The summed E-state index contributed by atoms with van der Waals surface area (Å²) in [6.45, 7) is 9.48. The van der Waals surface area contributed by atoms with E-state index in [1.165, 1.54) is 0 Å². The van der Waals surface area contributed by atoms with E-state index in [9.17, 15) is 4.79 Å². The number of ether oxygens (including phenoxy) is 1. The molecule has 0 saturated carbocycles. The first kappa shape index (κ1) is 10.5. The van der Waals surface area contributed by atoms with E-state index < -0.39 is 0 Å². The molecule has 2 nitrogen and oxygen atoms in total. The second-order valence-corrected chi connectivity index (χ2v) is 3.87. The standard InChI is InChI=1S/C9H18O2/c1-6-7(2)11-8(10)9(3,4)5/h7H,6H2,1-5H3/t7-/m0/s1. The largest absolute Gasteiger partial charge is 0.462 e. The molecule has 0 N–H and O–H groups in total. The van der Waals surface area contributed by atoms with E-state index in [0.29, 0.717) is 0 Å². The van der Waals surface area contributed by atoms with E-state index in [4.69, 9.17) is 4.74 Å². The molecule has 0 spiro atoms. The molecule has 0 saturated heterocycles. The Labute approximate surface area is 68.9 Å². The monoisotopic (exact) mass is 158 g/mol. The molecular formula is C9H18O2. The molecule has 66 valence electrons. The summed E-state index contributed by atoms with van der Waals surface area (Å²) in [4.78, 5) is 11.2. The van der Waals surface area contributed by atoms with Crippen LogP contribution in [-0.2, 0) is 9.53 Å². The van der Waals surface area contributed by atoms with E-state index in [1.807, 2.05) is 34.6 Å². The smallest absolute Gasteiger partial charge is 0.311 e. The molecule has 0 bridgehead atoms. The van der Waals surface area contributed by atoms with Gasteiger partial charge in [0.15, 0.2) is 0 Å². The molecule has 0 heterocycles. The average molecular weight is 158 g/mol. The van der Waals surface area contributed by atoms with Crippen LogP contribution in [0.15, 0.2) is 0 Å². The van der Waals surface area contributed by atoms with Gasteiger partial charge < -0.3 is 4.74 Å². The molecular weight excluding hydrogens is 140 g/mol. The Morgan fingerprint density at radius 2 is 1.91 bits per heavy atom. The van der Waals surface area contributed by atoms with Gasteiger partial charge in [-0.3, -0.25) is 4.79 Å². The highest BCUT2D eigenvalue weighted by Crippen LogP contribution is 2.16. The molecule has 2 heteroatoms. The van der Waals surface area contributed by atoms with Crippen LogP contribution in [0.2, 0.25) is 0 Å². The van der Waals surface area contributed by atoms with Crippen molar-refractivity contribution in [2.75, 3.05) is 0 Å². The quantitative estimate of drug-likeness (QED) is 0.577. The van der Waals surface area contributed by atoms with E-state index in [1.54, 1.807) is 0 Å². The van der Waals surface area contributed by atoms with Crippen LogP contribution in [0.1, 0.15) is 41.0 Å². The van der Waals surface area contributed by atoms with Gasteiger partial charge in [-0.2, -0.15) is 0 Å². The highest BCUT2D eigenvalue weighted by atomic mass is 16.5. The molecule has 0 rings (SSSR count). The first-order valence-corrected chi connectivity index (χ1v) is 4.09. The van der Waals surface area contributed by atoms with Gasteiger partial charge in [0.1, 0.15) is 0 Å². The van der Waals surface area contributed by atoms with Crippen molar-refractivity contribution >= 4 is 5.97 Å². The van der Waals surface area contributed by atoms with E-state index in [0.717, 1.165) is 6.42 Å². The van der Waals surface area contributed by atoms with Crippen LogP contribution in [0.4, 0.5) is 0 Å². The molecule has 0 aliphatic heterocycles. The zero-order valence-corrected chi connectivity index (χ0v) is 8.10. The zero-order valence-electron chi connectivity index (χ0n) is 8.10. The third kappa shape index (κ3) is 4.02. The Balaban J connectivity index is 3.88. The van der Waals surface area contributed by atoms with Crippen LogP contribution in [0.3, 0.4) is 0 Å². The Bertz CT molecular complexity index is 133. The van der Waals surface area contributed by atoms with Gasteiger partial charge in [-0.15, -0.1) is 0 Å². The topological polar surface area (TPSA) is 26.3 Å². The second-order valence-electron chi connectivity index (χ2n) is 3.87. The SMILES string of the molecule is CC[C@H](C)OC(=O)C(C)(C)C. The fourth-order valence-corrected chi connectivity index (χ4v) is 0.443. The first-order chi connectivity index (χ1) is 4.88. The van der Waals surface area contributed by atoms with Crippen LogP contribution in [-0.4, -0.2) is 12.1 Å². The lowest BCUT2D eigenvalue weighted by atomic mass is 9.97. The number of carbonyl (C=O) groups excluding carboxylic acids is 1. The fourth-order valence-electron chi connectivity index (χ4n) is 0.443. The van der Waals surface area contributed by atoms with E-state index in [-0.39, 0.29) is 17.5 Å². The minimum Gasteiger partial charge on any atom is -0.462 e. The summed E-state index contributed by atoms with van der Waals surface area (Å²) in [6.07, 6.45) is 0.920. The lowest BCUT2D eigenvalue weighted by Crippen LogP contribution is -2.26. The van der Waals surface area contributed by atoms with Crippen molar-refractivity contribution in [3.8, 4) is 0 Å². The van der Waals surface area contributed by atoms with Crippen LogP contribution >= 0.6 is 0 Å². The molecule has 0 aromatic rings. The average Bonchev–Trinajstić information content (AvgIpc) is 1.85. The fraction of sp³-hybridized carbons (Fsp3) is 0.889. The van der Waals surface area contributed by atoms with Gasteiger partial charge in [-0.25, -0.2) is 0 Å². The number of carbonyl (C=O) groups is 1. The Hall–Kier alpha value is -0.530. The number of hydrogen-bond donors (Lipinski definition) is 0. The molecule has 0 unspecified atom stereocenters. The highest BCUT2D eigenvalue weighted by Gasteiger charge is 2.24. The summed E-state index contributed by atoms with van der Waals surface area (Å²) in [5.41, 5.74) is -0.372. The van der Waals surface area contributed by atoms with Crippen molar-refractivity contribution < 1.29 is 9.53 Å². The molecule has 0 aliphatic carbocycles. The van der Waals surface area contributed by atoms with Crippen molar-refractivity contribution in [1.82, 2.24) is 0 Å². The summed E-state index contributed by atoms with van der Waals surface area (Å²) in [5.74, 6) is -0.119. The minimum absolute atomic E-state index is 0.0433. The van der Waals surface area contributed by atoms with Gasteiger partial charge in [-0.1, -0.05) is 6.92 Å². The maximum atomic E-state index is 11.2. The maximum absolute atomic E-state index is 11.2. The first-order valence-electron chi connectivity index (χ1n) is 4.09. The summed E-state index contributed by atoms with van der Waals surface area (Å²) < 4.78 is 5.12. The van der Waals surface area contributed by atoms with Gasteiger partial charge in [0.05, 0.1) is 11.5 Å². The van der Waals surface area contributed by atoms with Crippen molar-refractivity contribution in [3.63, 3.8) is 0 Å². The van der Waals surface area contributed by atoms with Crippen LogP contribution in [0.25, 0.3) is 0 Å². The van der Waals surface area contributed by atoms with Gasteiger partial charge in [-0.05, 0) is 34.1 Å². The van der Waals surface area contributed by atoms with Crippen molar-refractivity contribution in [3.05, 3.63) is 0 Å². The maximum Gasteiger partial charge on any atom is 0.311 e. The lowest BCUT2D eigenvalue weighted by Gasteiger charge is -2.19. The van der Waals surface area contributed by atoms with Gasteiger partial charge in [0.2, 0.25) is 0 Å². The zero-order chi connectivity index (χ0) is 9.07. The van der Waals surface area contributed by atoms with E-state index >= 15 is 0 Å². The predicted octanol–water partition coefficient (Wildman–Crippen LogP) is 2.37. The minimum atomic E-state index is -0.372. The van der Waals surface area contributed by atoms with Crippen LogP contribution < -0.4 is 0 Å². The summed E-state index contributed by atoms with van der Waals surface area (Å²) in [7, 11) is 0. The third-order valence-electron chi connectivity index (χ3n) is 1.50. The molecule has 0 fully saturated rings. The Kier molecular flexibility index (Phi) is 3.56. The Morgan fingerprint density at radius 3 is 2.18 bits per heavy atom. The molecule has 0 aromatic carbocycles. The molecule has 1 atom stereocenters. The van der Waals surface area contributed by atoms with Gasteiger partial charge in [0.25, 0.3) is 0 Å². The summed E-state index contributed by atoms with van der Waals surface area (Å²) in [6, 6.07) is 0. The van der Waals surface area contributed by atoms with Gasteiger partial charge >= 0.3 is 5.97 Å². The molecule has 0 aromatic heterocycles. The summed E-state index contributed by atoms with van der Waals surface area (Å²) in [5, 5.41) is 0. The number of esters is 1.